The lowest BCUT2D eigenvalue weighted by molar-refractivity contribution is 0.379. The average molecular weight is 200 g/mol. The molecule has 0 unspecified atom stereocenters. The lowest BCUT2D eigenvalue weighted by atomic mass is 10.1. The highest BCUT2D eigenvalue weighted by molar-refractivity contribution is 4.68. The van der Waals surface area contributed by atoms with Gasteiger partial charge in [0, 0.05) is 6.54 Å². The summed E-state index contributed by atoms with van der Waals surface area (Å²) >= 11 is 0. The third-order valence-corrected chi connectivity index (χ3v) is 2.61. The van der Waals surface area contributed by atoms with E-state index in [2.05, 4.69) is 31.1 Å². The summed E-state index contributed by atoms with van der Waals surface area (Å²) < 4.78 is 0. The van der Waals surface area contributed by atoms with Crippen molar-refractivity contribution in [1.82, 2.24) is 10.2 Å². The molecular formula is C12H28N2. The molecule has 0 aliphatic carbocycles. The van der Waals surface area contributed by atoms with Gasteiger partial charge >= 0.3 is 0 Å². The average Bonchev–Trinajstić information content (AvgIpc) is 2.51. The first-order valence-electron chi connectivity index (χ1n) is 6.07. The van der Waals surface area contributed by atoms with E-state index < -0.39 is 0 Å². The number of rotatable bonds is 0. The van der Waals surface area contributed by atoms with E-state index in [0.717, 1.165) is 11.8 Å². The van der Waals surface area contributed by atoms with Crippen molar-refractivity contribution in [3.63, 3.8) is 0 Å². The van der Waals surface area contributed by atoms with Crippen LogP contribution in [0.25, 0.3) is 0 Å². The van der Waals surface area contributed by atoms with Crippen LogP contribution < -0.4 is 5.32 Å². The molecule has 0 aromatic heterocycles. The summed E-state index contributed by atoms with van der Waals surface area (Å²) in [5.41, 5.74) is 0. The van der Waals surface area contributed by atoms with Crippen LogP contribution in [0.15, 0.2) is 0 Å². The molecule has 0 radical (unpaired) electrons. The molecule has 0 spiro atoms. The van der Waals surface area contributed by atoms with Crippen molar-refractivity contribution in [3.8, 4) is 0 Å². The maximum atomic E-state index is 3.16. The molecule has 0 aromatic rings. The minimum Gasteiger partial charge on any atom is -0.316 e. The Hall–Kier alpha value is -0.0800. The zero-order chi connectivity index (χ0) is 11.0. The molecule has 1 atom stereocenters. The van der Waals surface area contributed by atoms with Crippen LogP contribution in [0.3, 0.4) is 0 Å². The Balaban J connectivity index is 0.000000213. The third-order valence-electron chi connectivity index (χ3n) is 2.61. The second-order valence-corrected chi connectivity index (χ2v) is 4.42. The minimum absolute atomic E-state index is 0.949. The molecule has 2 rings (SSSR count). The minimum atomic E-state index is 0.949. The SMILES string of the molecule is CC.CC1CNC1.C[C@@H]1CCN(C)C1. The number of nitrogens with one attached hydrogen (secondary N) is 1. The Bertz CT molecular complexity index is 113. The maximum Gasteiger partial charge on any atom is 0.000445 e. The summed E-state index contributed by atoms with van der Waals surface area (Å²) in [5.74, 6) is 1.90. The lowest BCUT2D eigenvalue weighted by Crippen LogP contribution is -2.39. The molecule has 86 valence electrons. The monoisotopic (exact) mass is 200 g/mol. The van der Waals surface area contributed by atoms with Gasteiger partial charge in [0.1, 0.15) is 0 Å². The van der Waals surface area contributed by atoms with E-state index in [1.54, 1.807) is 0 Å². The molecule has 2 aliphatic heterocycles. The first kappa shape index (κ1) is 13.9. The Kier molecular flexibility index (Phi) is 8.20. The summed E-state index contributed by atoms with van der Waals surface area (Å²) in [6, 6.07) is 0. The van der Waals surface area contributed by atoms with E-state index in [1.807, 2.05) is 13.8 Å². The first-order valence-corrected chi connectivity index (χ1v) is 6.07. The fraction of sp³-hybridized carbons (Fsp3) is 1.00. The topological polar surface area (TPSA) is 15.3 Å². The second kappa shape index (κ2) is 8.25. The third kappa shape index (κ3) is 6.39. The highest BCUT2D eigenvalue weighted by Gasteiger charge is 2.13. The highest BCUT2D eigenvalue weighted by Crippen LogP contribution is 2.11. The van der Waals surface area contributed by atoms with Gasteiger partial charge in [-0.2, -0.15) is 0 Å². The molecule has 2 heteroatoms. The molecule has 0 bridgehead atoms. The van der Waals surface area contributed by atoms with Gasteiger partial charge in [-0.25, -0.2) is 0 Å². The molecule has 2 saturated heterocycles. The van der Waals surface area contributed by atoms with E-state index in [1.165, 1.54) is 32.6 Å². The Labute approximate surface area is 90.1 Å². The van der Waals surface area contributed by atoms with Gasteiger partial charge in [-0.3, -0.25) is 0 Å². The quantitative estimate of drug-likeness (QED) is 0.645. The van der Waals surface area contributed by atoms with Crippen LogP contribution in [0.5, 0.6) is 0 Å². The number of hydrogen-bond donors (Lipinski definition) is 1. The molecule has 14 heavy (non-hydrogen) atoms. The van der Waals surface area contributed by atoms with Gasteiger partial charge in [0.05, 0.1) is 0 Å². The maximum absolute atomic E-state index is 3.16. The summed E-state index contributed by atoms with van der Waals surface area (Å²) in [4.78, 5) is 2.38. The molecular weight excluding hydrogens is 172 g/mol. The Morgan fingerprint density at radius 1 is 1.07 bits per heavy atom. The van der Waals surface area contributed by atoms with Crippen LogP contribution in [0, 0.1) is 11.8 Å². The molecule has 2 fully saturated rings. The summed E-state index contributed by atoms with van der Waals surface area (Å²) in [6.07, 6.45) is 1.40. The fourth-order valence-corrected chi connectivity index (χ4v) is 1.59. The normalized spacial score (nSPS) is 26.8. The predicted octanol–water partition coefficient (Wildman–Crippen LogP) is 2.21. The first-order chi connectivity index (χ1) is 6.68. The van der Waals surface area contributed by atoms with Crippen molar-refractivity contribution in [2.24, 2.45) is 11.8 Å². The van der Waals surface area contributed by atoms with E-state index in [4.69, 9.17) is 0 Å². The lowest BCUT2D eigenvalue weighted by Gasteiger charge is -2.21. The number of hydrogen-bond acceptors (Lipinski definition) is 2. The van der Waals surface area contributed by atoms with Crippen LogP contribution in [-0.2, 0) is 0 Å². The molecule has 2 nitrogen and oxygen atoms in total. The van der Waals surface area contributed by atoms with E-state index in [0.29, 0.717) is 0 Å². The van der Waals surface area contributed by atoms with Crippen molar-refractivity contribution in [3.05, 3.63) is 0 Å². The van der Waals surface area contributed by atoms with Crippen molar-refractivity contribution in [2.45, 2.75) is 34.1 Å². The van der Waals surface area contributed by atoms with Gasteiger partial charge in [0.15, 0.2) is 0 Å². The largest absolute Gasteiger partial charge is 0.316 e. The van der Waals surface area contributed by atoms with Crippen LogP contribution in [0.4, 0.5) is 0 Å². The highest BCUT2D eigenvalue weighted by atomic mass is 15.1. The van der Waals surface area contributed by atoms with Gasteiger partial charge in [0.2, 0.25) is 0 Å². The smallest absolute Gasteiger partial charge is 0.000445 e. The molecule has 2 aliphatic rings. The van der Waals surface area contributed by atoms with Gasteiger partial charge in [-0.1, -0.05) is 27.7 Å². The number of nitrogens with zero attached hydrogens (tertiary/aromatic N) is 1. The summed E-state index contributed by atoms with van der Waals surface area (Å²) in [6.45, 7) is 13.6. The Morgan fingerprint density at radius 3 is 1.64 bits per heavy atom. The summed E-state index contributed by atoms with van der Waals surface area (Å²) in [5, 5.41) is 3.16. The van der Waals surface area contributed by atoms with E-state index in [9.17, 15) is 0 Å². The van der Waals surface area contributed by atoms with Crippen LogP contribution in [0.2, 0.25) is 0 Å². The van der Waals surface area contributed by atoms with Gasteiger partial charge < -0.3 is 10.2 Å². The van der Waals surface area contributed by atoms with Crippen LogP contribution in [0.1, 0.15) is 34.1 Å². The molecule has 0 saturated carbocycles. The second-order valence-electron chi connectivity index (χ2n) is 4.42. The van der Waals surface area contributed by atoms with Crippen molar-refractivity contribution >= 4 is 0 Å². The predicted molar refractivity (Wildman–Crippen MR) is 64.7 cm³/mol. The van der Waals surface area contributed by atoms with Gasteiger partial charge in [0.25, 0.3) is 0 Å². The summed E-state index contributed by atoms with van der Waals surface area (Å²) in [7, 11) is 2.18. The van der Waals surface area contributed by atoms with E-state index >= 15 is 0 Å². The van der Waals surface area contributed by atoms with Crippen LogP contribution in [-0.4, -0.2) is 38.1 Å². The van der Waals surface area contributed by atoms with E-state index in [-0.39, 0.29) is 0 Å². The van der Waals surface area contributed by atoms with Crippen molar-refractivity contribution in [2.75, 3.05) is 33.2 Å². The molecule has 0 aromatic carbocycles. The van der Waals surface area contributed by atoms with Crippen molar-refractivity contribution in [1.29, 1.82) is 0 Å². The fourth-order valence-electron chi connectivity index (χ4n) is 1.59. The van der Waals surface area contributed by atoms with Crippen LogP contribution >= 0.6 is 0 Å². The zero-order valence-electron chi connectivity index (χ0n) is 10.6. The van der Waals surface area contributed by atoms with Gasteiger partial charge in [-0.05, 0) is 44.9 Å². The molecule has 0 amide bonds. The molecule has 2 heterocycles. The zero-order valence-corrected chi connectivity index (χ0v) is 10.6. The number of likely N-dealkylation sites (tertiary alicyclic amines) is 1. The standard InChI is InChI=1S/C6H13N.C4H9N.C2H6/c1-6-3-4-7(2)5-6;1-4-2-5-3-4;1-2/h6H,3-5H2,1-2H3;4-5H,2-3H2,1H3;1-2H3/t6-;;/m1../s1. The Morgan fingerprint density at radius 2 is 1.57 bits per heavy atom. The molecule has 1 N–H and O–H groups in total. The van der Waals surface area contributed by atoms with Crippen molar-refractivity contribution < 1.29 is 0 Å². The van der Waals surface area contributed by atoms with Gasteiger partial charge in [-0.15, -0.1) is 0 Å².